The van der Waals surface area contributed by atoms with Gasteiger partial charge in [0.05, 0.1) is 13.7 Å². The second kappa shape index (κ2) is 9.92. The molecule has 202 valence electrons. The van der Waals surface area contributed by atoms with Crippen LogP contribution in [0.4, 0.5) is 9.18 Å². The first kappa shape index (κ1) is 26.0. The van der Waals surface area contributed by atoms with Gasteiger partial charge in [0, 0.05) is 55.8 Å². The normalized spacial score (nSPS) is 20.9. The number of rotatable bonds is 9. The molecule has 0 radical (unpaired) electrons. The zero-order valence-electron chi connectivity index (χ0n) is 22.1. The van der Waals surface area contributed by atoms with E-state index in [0.29, 0.717) is 36.5 Å². The van der Waals surface area contributed by atoms with E-state index in [1.54, 1.807) is 43.2 Å². The molecule has 0 bridgehead atoms. The number of benzene rings is 2. The lowest BCUT2D eigenvalue weighted by atomic mass is 9.81. The molecular weight excluding hydrogens is 491 g/mol. The maximum Gasteiger partial charge on any atom is 0.328 e. The van der Waals surface area contributed by atoms with Crippen LogP contribution < -0.4 is 4.74 Å². The molecule has 5 rings (SSSR count). The minimum atomic E-state index is -1.17. The van der Waals surface area contributed by atoms with Crippen molar-refractivity contribution in [3.8, 4) is 11.5 Å². The topological polar surface area (TPSA) is 98.3 Å². The average Bonchev–Trinajstić information content (AvgIpc) is 3.33. The molecule has 2 N–H and O–H groups in total. The van der Waals surface area contributed by atoms with E-state index in [2.05, 4.69) is 9.88 Å². The number of nitrogens with one attached hydrogen (secondary N) is 1. The maximum absolute atomic E-state index is 14.6. The van der Waals surface area contributed by atoms with Crippen molar-refractivity contribution in [2.24, 2.45) is 0 Å². The lowest BCUT2D eigenvalue weighted by Crippen LogP contribution is -2.53. The number of carbonyl (C=O) groups is 2. The molecule has 1 aromatic heterocycles. The SMILES string of the molecule is CCN(CCOC)CCN1C(=O)N2[C@H](c3cccc(O)c3)c3[nH]c4cc(F)c(OC)cc4c3C[C@@]2(C)C1=O. The summed E-state index contributed by atoms with van der Waals surface area (Å²) in [5.74, 6) is -0.630. The standard InChI is InChI=1S/C28H33FN4O5/c1-5-31(11-12-37-3)9-10-32-26(35)28(2)16-20-19-14-23(38-4)21(29)15-22(19)30-24(20)25(33(28)27(32)36)17-7-6-8-18(34)13-17/h6-8,13-15,25,30,34H,5,9-12,16H2,1-4H3/t25-,28+/m1/s1. The number of nitrogens with zero attached hydrogens (tertiary/aromatic N) is 3. The number of ether oxygens (including phenoxy) is 2. The Hall–Kier alpha value is -3.63. The smallest absolute Gasteiger partial charge is 0.328 e. The average molecular weight is 525 g/mol. The van der Waals surface area contributed by atoms with Crippen LogP contribution >= 0.6 is 0 Å². The highest BCUT2D eigenvalue weighted by Gasteiger charge is 2.60. The highest BCUT2D eigenvalue weighted by atomic mass is 19.1. The fourth-order valence-corrected chi connectivity index (χ4v) is 5.80. The van der Waals surface area contributed by atoms with Crippen LogP contribution in [0.2, 0.25) is 0 Å². The lowest BCUT2D eigenvalue weighted by Gasteiger charge is -2.42. The predicted molar refractivity (Wildman–Crippen MR) is 140 cm³/mol. The Morgan fingerprint density at radius 3 is 2.68 bits per heavy atom. The number of phenols is 1. The molecule has 3 aromatic rings. The second-order valence-corrected chi connectivity index (χ2v) is 10.0. The number of aromatic nitrogens is 1. The zero-order valence-corrected chi connectivity index (χ0v) is 22.1. The van der Waals surface area contributed by atoms with Crippen molar-refractivity contribution in [3.05, 3.63) is 59.0 Å². The van der Waals surface area contributed by atoms with Crippen LogP contribution in [0.5, 0.6) is 11.5 Å². The Morgan fingerprint density at radius 1 is 1.21 bits per heavy atom. The first-order chi connectivity index (χ1) is 18.2. The quantitative estimate of drug-likeness (QED) is 0.415. The molecule has 2 aliphatic rings. The van der Waals surface area contributed by atoms with Crippen LogP contribution in [-0.2, 0) is 16.0 Å². The molecule has 0 aliphatic carbocycles. The van der Waals surface area contributed by atoms with Crippen molar-refractivity contribution >= 4 is 22.8 Å². The van der Waals surface area contributed by atoms with E-state index in [1.807, 2.05) is 13.0 Å². The summed E-state index contributed by atoms with van der Waals surface area (Å²) in [5, 5.41) is 11.0. The van der Waals surface area contributed by atoms with Gasteiger partial charge in [0.15, 0.2) is 11.6 Å². The predicted octanol–water partition coefficient (Wildman–Crippen LogP) is 3.66. The van der Waals surface area contributed by atoms with Crippen molar-refractivity contribution < 1.29 is 28.6 Å². The molecule has 3 amide bonds. The van der Waals surface area contributed by atoms with Crippen LogP contribution in [0.15, 0.2) is 36.4 Å². The van der Waals surface area contributed by atoms with E-state index in [-0.39, 0.29) is 36.4 Å². The number of methoxy groups -OCH3 is 2. The molecule has 9 nitrogen and oxygen atoms in total. The highest BCUT2D eigenvalue weighted by Crippen LogP contribution is 2.49. The van der Waals surface area contributed by atoms with Crippen molar-refractivity contribution in [1.29, 1.82) is 0 Å². The molecule has 1 saturated heterocycles. The molecule has 10 heteroatoms. The summed E-state index contributed by atoms with van der Waals surface area (Å²) in [6.07, 6.45) is 0.259. The van der Waals surface area contributed by atoms with E-state index in [4.69, 9.17) is 9.47 Å². The Balaban J connectivity index is 1.60. The third-order valence-corrected chi connectivity index (χ3v) is 7.82. The number of H-pyrrole nitrogens is 1. The van der Waals surface area contributed by atoms with Crippen LogP contribution in [0.3, 0.4) is 0 Å². The molecule has 3 heterocycles. The first-order valence-electron chi connectivity index (χ1n) is 12.8. The van der Waals surface area contributed by atoms with Gasteiger partial charge in [-0.2, -0.15) is 0 Å². The molecule has 1 fully saturated rings. The molecule has 0 spiro atoms. The van der Waals surface area contributed by atoms with Gasteiger partial charge in [0.25, 0.3) is 5.91 Å². The third-order valence-electron chi connectivity index (χ3n) is 7.82. The minimum Gasteiger partial charge on any atom is -0.508 e. The number of imide groups is 1. The van der Waals surface area contributed by atoms with Gasteiger partial charge in [0.2, 0.25) is 0 Å². The van der Waals surface area contributed by atoms with E-state index in [9.17, 15) is 19.1 Å². The van der Waals surface area contributed by atoms with E-state index in [1.165, 1.54) is 18.1 Å². The van der Waals surface area contributed by atoms with Gasteiger partial charge in [0.1, 0.15) is 17.3 Å². The first-order valence-corrected chi connectivity index (χ1v) is 12.8. The van der Waals surface area contributed by atoms with Crippen LogP contribution in [0, 0.1) is 5.82 Å². The Labute approximate surface area is 220 Å². The number of aromatic amines is 1. The minimum absolute atomic E-state index is 0.0479. The molecule has 0 unspecified atom stereocenters. The monoisotopic (exact) mass is 524 g/mol. The Kier molecular flexibility index (Phi) is 6.79. The summed E-state index contributed by atoms with van der Waals surface area (Å²) in [7, 11) is 3.05. The molecule has 2 atom stereocenters. The summed E-state index contributed by atoms with van der Waals surface area (Å²) in [6, 6.07) is 8.60. The number of fused-ring (bicyclic) bond motifs is 4. The fourth-order valence-electron chi connectivity index (χ4n) is 5.80. The number of likely N-dealkylation sites (N-methyl/N-ethyl adjacent to an activating group) is 1. The number of phenolic OH excluding ortho intramolecular Hbond substituents is 1. The number of carbonyl (C=O) groups excluding carboxylic acids is 2. The molecular formula is C28H33FN4O5. The zero-order chi connectivity index (χ0) is 27.2. The van der Waals surface area contributed by atoms with E-state index < -0.39 is 17.4 Å². The lowest BCUT2D eigenvalue weighted by molar-refractivity contribution is -0.133. The van der Waals surface area contributed by atoms with Gasteiger partial charge in [-0.15, -0.1) is 0 Å². The van der Waals surface area contributed by atoms with Gasteiger partial charge < -0.3 is 19.6 Å². The van der Waals surface area contributed by atoms with Crippen molar-refractivity contribution in [2.45, 2.75) is 31.8 Å². The van der Waals surface area contributed by atoms with Crippen molar-refractivity contribution in [3.63, 3.8) is 0 Å². The third kappa shape index (κ3) is 4.08. The number of hydrogen-bond acceptors (Lipinski definition) is 6. The van der Waals surface area contributed by atoms with Gasteiger partial charge >= 0.3 is 6.03 Å². The molecule has 0 saturated carbocycles. The van der Waals surface area contributed by atoms with E-state index >= 15 is 0 Å². The largest absolute Gasteiger partial charge is 0.508 e. The van der Waals surface area contributed by atoms with Gasteiger partial charge in [-0.1, -0.05) is 19.1 Å². The fraction of sp³-hybridized carbons (Fsp3) is 0.429. The second-order valence-electron chi connectivity index (χ2n) is 10.0. The number of halogens is 1. The number of amides is 3. The maximum atomic E-state index is 14.6. The molecule has 2 aromatic carbocycles. The van der Waals surface area contributed by atoms with Gasteiger partial charge in [-0.25, -0.2) is 9.18 Å². The summed E-state index contributed by atoms with van der Waals surface area (Å²) in [5.41, 5.74) is 1.55. The van der Waals surface area contributed by atoms with Crippen LogP contribution in [0.1, 0.15) is 36.7 Å². The summed E-state index contributed by atoms with van der Waals surface area (Å²) in [6.45, 7) is 6.62. The summed E-state index contributed by atoms with van der Waals surface area (Å²) < 4.78 is 25.0. The summed E-state index contributed by atoms with van der Waals surface area (Å²) in [4.78, 5) is 36.3. The Morgan fingerprint density at radius 2 is 2.00 bits per heavy atom. The number of aromatic hydroxyl groups is 1. The van der Waals surface area contributed by atoms with Crippen LogP contribution in [-0.4, -0.2) is 89.3 Å². The molecule has 2 aliphatic heterocycles. The van der Waals surface area contributed by atoms with Crippen LogP contribution in [0.25, 0.3) is 10.9 Å². The molecule has 38 heavy (non-hydrogen) atoms. The number of hydrogen-bond donors (Lipinski definition) is 2. The Bertz CT molecular complexity index is 1390. The number of urea groups is 1. The highest BCUT2D eigenvalue weighted by molar-refractivity contribution is 6.08. The van der Waals surface area contributed by atoms with Gasteiger partial charge in [-0.3, -0.25) is 19.5 Å². The van der Waals surface area contributed by atoms with E-state index in [0.717, 1.165) is 17.5 Å². The van der Waals surface area contributed by atoms with Crippen molar-refractivity contribution in [1.82, 2.24) is 19.7 Å². The van der Waals surface area contributed by atoms with Gasteiger partial charge in [-0.05, 0) is 42.8 Å². The summed E-state index contributed by atoms with van der Waals surface area (Å²) >= 11 is 0. The van der Waals surface area contributed by atoms with Crippen molar-refractivity contribution in [2.75, 3.05) is 47.0 Å².